The minimum atomic E-state index is 0.242. The lowest BCUT2D eigenvalue weighted by Gasteiger charge is -2.43. The van der Waals surface area contributed by atoms with Crippen molar-refractivity contribution in [2.75, 3.05) is 0 Å². The fraction of sp³-hybridized carbons (Fsp3) is 0.667. The van der Waals surface area contributed by atoms with Crippen molar-refractivity contribution < 1.29 is 4.74 Å². The molecule has 0 spiro atoms. The SMILES string of the molecule is CCCc1cc(N=O)c2c(c1)OC(C)C1CCC(C)CC21. The van der Waals surface area contributed by atoms with Crippen molar-refractivity contribution in [3.63, 3.8) is 0 Å². The third-order valence-electron chi connectivity index (χ3n) is 5.27. The van der Waals surface area contributed by atoms with Gasteiger partial charge in [-0.3, -0.25) is 0 Å². The Morgan fingerprint density at radius 3 is 2.81 bits per heavy atom. The molecule has 1 aliphatic heterocycles. The Kier molecular flexibility index (Phi) is 4.01. The number of nitroso groups, excluding NO2 is 1. The monoisotopic (exact) mass is 287 g/mol. The lowest BCUT2D eigenvalue weighted by Crippen LogP contribution is -2.37. The van der Waals surface area contributed by atoms with Crippen molar-refractivity contribution >= 4 is 5.69 Å². The molecule has 2 aliphatic rings. The third-order valence-corrected chi connectivity index (χ3v) is 5.27. The average molecular weight is 287 g/mol. The zero-order valence-electron chi connectivity index (χ0n) is 13.3. The Hall–Kier alpha value is -1.38. The largest absolute Gasteiger partial charge is 0.490 e. The molecule has 114 valence electrons. The van der Waals surface area contributed by atoms with E-state index in [9.17, 15) is 4.91 Å². The van der Waals surface area contributed by atoms with Gasteiger partial charge in [0.1, 0.15) is 11.4 Å². The molecule has 0 aromatic heterocycles. The van der Waals surface area contributed by atoms with Gasteiger partial charge < -0.3 is 4.74 Å². The van der Waals surface area contributed by atoms with Crippen molar-refractivity contribution in [3.8, 4) is 5.75 Å². The molecule has 1 heterocycles. The number of rotatable bonds is 3. The molecule has 3 rings (SSSR count). The van der Waals surface area contributed by atoms with Crippen LogP contribution in [0.2, 0.25) is 0 Å². The summed E-state index contributed by atoms with van der Waals surface area (Å²) in [6.45, 7) is 6.64. The van der Waals surface area contributed by atoms with Crippen molar-refractivity contribution in [1.29, 1.82) is 0 Å². The second kappa shape index (κ2) is 5.78. The van der Waals surface area contributed by atoms with Gasteiger partial charge in [-0.15, -0.1) is 4.91 Å². The first-order valence-electron chi connectivity index (χ1n) is 8.30. The van der Waals surface area contributed by atoms with Gasteiger partial charge in [-0.2, -0.15) is 0 Å². The summed E-state index contributed by atoms with van der Waals surface area (Å²) < 4.78 is 6.17. The number of aryl methyl sites for hydroxylation is 1. The Balaban J connectivity index is 2.07. The summed E-state index contributed by atoms with van der Waals surface area (Å²) in [6, 6.07) is 4.12. The summed E-state index contributed by atoms with van der Waals surface area (Å²) in [6.07, 6.45) is 5.89. The summed E-state index contributed by atoms with van der Waals surface area (Å²) in [7, 11) is 0. The van der Waals surface area contributed by atoms with Gasteiger partial charge >= 0.3 is 0 Å². The molecule has 1 aromatic rings. The van der Waals surface area contributed by atoms with E-state index < -0.39 is 0 Å². The van der Waals surface area contributed by atoms with Crippen LogP contribution in [0.3, 0.4) is 0 Å². The van der Waals surface area contributed by atoms with Gasteiger partial charge in [0.15, 0.2) is 0 Å². The predicted octanol–water partition coefficient (Wildman–Crippen LogP) is 5.34. The summed E-state index contributed by atoms with van der Waals surface area (Å²) >= 11 is 0. The van der Waals surface area contributed by atoms with E-state index in [2.05, 4.69) is 32.0 Å². The number of fused-ring (bicyclic) bond motifs is 3. The molecule has 0 amide bonds. The predicted molar refractivity (Wildman–Crippen MR) is 85.2 cm³/mol. The van der Waals surface area contributed by atoms with Crippen LogP contribution in [-0.2, 0) is 6.42 Å². The molecule has 0 bridgehead atoms. The Morgan fingerprint density at radius 2 is 2.10 bits per heavy atom. The number of ether oxygens (including phenoxy) is 1. The van der Waals surface area contributed by atoms with Crippen molar-refractivity contribution in [2.45, 2.75) is 64.9 Å². The summed E-state index contributed by atoms with van der Waals surface area (Å²) in [5, 5.41) is 3.34. The number of hydrogen-bond donors (Lipinski definition) is 0. The first kappa shape index (κ1) is 14.6. The highest BCUT2D eigenvalue weighted by Gasteiger charge is 2.41. The second-order valence-corrected chi connectivity index (χ2v) is 6.88. The Bertz CT molecular complexity index is 540. The normalized spacial score (nSPS) is 31.0. The molecular weight excluding hydrogens is 262 g/mol. The molecule has 3 nitrogen and oxygen atoms in total. The van der Waals surface area contributed by atoms with Gasteiger partial charge in [0.2, 0.25) is 0 Å². The van der Waals surface area contributed by atoms with Crippen molar-refractivity contribution in [1.82, 2.24) is 0 Å². The zero-order chi connectivity index (χ0) is 15.0. The van der Waals surface area contributed by atoms with E-state index in [1.165, 1.54) is 18.4 Å². The van der Waals surface area contributed by atoms with Crippen LogP contribution in [0.25, 0.3) is 0 Å². The van der Waals surface area contributed by atoms with E-state index in [0.717, 1.165) is 36.5 Å². The van der Waals surface area contributed by atoms with E-state index in [1.54, 1.807) is 0 Å². The minimum absolute atomic E-state index is 0.242. The van der Waals surface area contributed by atoms with Crippen molar-refractivity contribution in [3.05, 3.63) is 28.2 Å². The standard InChI is InChI=1S/C18H25NO2/c1-4-5-13-9-16(19-20)18-15-8-11(2)6-7-14(15)12(3)21-17(18)10-13/h9-12,14-15H,4-8H2,1-3H3. The van der Waals surface area contributed by atoms with Gasteiger partial charge in [-0.05, 0) is 60.9 Å². The van der Waals surface area contributed by atoms with Crippen LogP contribution >= 0.6 is 0 Å². The van der Waals surface area contributed by atoms with Gasteiger partial charge in [-0.1, -0.05) is 26.7 Å². The maximum Gasteiger partial charge on any atom is 0.125 e. The lowest BCUT2D eigenvalue weighted by atomic mass is 9.68. The second-order valence-electron chi connectivity index (χ2n) is 6.88. The molecule has 3 heteroatoms. The summed E-state index contributed by atoms with van der Waals surface area (Å²) in [5.41, 5.74) is 2.87. The van der Waals surface area contributed by atoms with E-state index in [4.69, 9.17) is 4.74 Å². The molecule has 1 aromatic carbocycles. The molecule has 1 saturated carbocycles. The average Bonchev–Trinajstić information content (AvgIpc) is 2.46. The highest BCUT2D eigenvalue weighted by molar-refractivity contribution is 5.59. The molecule has 4 atom stereocenters. The molecular formula is C18H25NO2. The molecule has 1 aliphatic carbocycles. The van der Waals surface area contributed by atoms with Crippen molar-refractivity contribution in [2.24, 2.45) is 17.0 Å². The molecule has 0 radical (unpaired) electrons. The van der Waals surface area contributed by atoms with E-state index in [1.807, 2.05) is 6.07 Å². The smallest absolute Gasteiger partial charge is 0.125 e. The van der Waals surface area contributed by atoms with Gasteiger partial charge in [0.05, 0.1) is 6.10 Å². The summed E-state index contributed by atoms with van der Waals surface area (Å²) in [4.78, 5) is 11.4. The molecule has 4 unspecified atom stereocenters. The van der Waals surface area contributed by atoms with Gasteiger partial charge in [-0.25, -0.2) is 0 Å². The Morgan fingerprint density at radius 1 is 1.29 bits per heavy atom. The topological polar surface area (TPSA) is 38.7 Å². The number of nitrogens with zero attached hydrogens (tertiary/aromatic N) is 1. The quantitative estimate of drug-likeness (QED) is 0.704. The number of hydrogen-bond acceptors (Lipinski definition) is 3. The number of benzene rings is 1. The molecule has 21 heavy (non-hydrogen) atoms. The van der Waals surface area contributed by atoms with Crippen LogP contribution in [-0.4, -0.2) is 6.10 Å². The first-order valence-corrected chi connectivity index (χ1v) is 8.30. The fourth-order valence-corrected chi connectivity index (χ4v) is 4.23. The highest BCUT2D eigenvalue weighted by Crippen LogP contribution is 2.52. The Labute approximate surface area is 127 Å². The van der Waals surface area contributed by atoms with Crippen LogP contribution in [0.15, 0.2) is 17.3 Å². The van der Waals surface area contributed by atoms with Crippen LogP contribution < -0.4 is 4.74 Å². The van der Waals surface area contributed by atoms with Crippen LogP contribution in [0.1, 0.15) is 63.5 Å². The van der Waals surface area contributed by atoms with Crippen LogP contribution in [0, 0.1) is 16.7 Å². The molecule has 0 saturated heterocycles. The zero-order valence-corrected chi connectivity index (χ0v) is 13.3. The highest BCUT2D eigenvalue weighted by atomic mass is 16.5. The summed E-state index contributed by atoms with van der Waals surface area (Å²) in [5.74, 6) is 2.61. The third kappa shape index (κ3) is 2.58. The fourth-order valence-electron chi connectivity index (χ4n) is 4.23. The lowest BCUT2D eigenvalue weighted by molar-refractivity contribution is 0.0699. The first-order chi connectivity index (χ1) is 10.1. The minimum Gasteiger partial charge on any atom is -0.490 e. The van der Waals surface area contributed by atoms with E-state index in [-0.39, 0.29) is 6.10 Å². The molecule has 1 fully saturated rings. The maximum atomic E-state index is 11.4. The van der Waals surface area contributed by atoms with Crippen LogP contribution in [0.4, 0.5) is 5.69 Å². The van der Waals surface area contributed by atoms with Gasteiger partial charge in [0, 0.05) is 11.5 Å². The maximum absolute atomic E-state index is 11.4. The van der Waals surface area contributed by atoms with Gasteiger partial charge in [0.25, 0.3) is 0 Å². The van der Waals surface area contributed by atoms with E-state index >= 15 is 0 Å². The molecule has 0 N–H and O–H groups in total. The van der Waals surface area contributed by atoms with Crippen LogP contribution in [0.5, 0.6) is 5.75 Å². The van der Waals surface area contributed by atoms with E-state index in [0.29, 0.717) is 17.5 Å².